The van der Waals surface area contributed by atoms with Gasteiger partial charge in [0.2, 0.25) is 5.91 Å². The minimum atomic E-state index is -0.671. The van der Waals surface area contributed by atoms with E-state index in [1.807, 2.05) is 18.2 Å². The quantitative estimate of drug-likeness (QED) is 0.846. The molecule has 1 atom stereocenters. The molecule has 17 heavy (non-hydrogen) atoms. The van der Waals surface area contributed by atoms with Crippen LogP contribution in [0.25, 0.3) is 0 Å². The largest absolute Gasteiger partial charge is 0.496 e. The number of nitrogens with zero attached hydrogens (tertiary/aromatic N) is 1. The van der Waals surface area contributed by atoms with E-state index in [-0.39, 0.29) is 5.91 Å². The molecule has 0 aromatic heterocycles. The predicted octanol–water partition coefficient (Wildman–Crippen LogP) is 1.60. The van der Waals surface area contributed by atoms with Crippen LogP contribution in [0.2, 0.25) is 0 Å². The molecule has 1 aromatic carbocycles. The van der Waals surface area contributed by atoms with Crippen molar-refractivity contribution < 1.29 is 14.6 Å². The first kappa shape index (κ1) is 13.5. The number of hydrogen-bond acceptors (Lipinski definition) is 3. The molecule has 1 amide bonds. The third-order valence-corrected chi connectivity index (χ3v) is 2.63. The molecule has 0 radical (unpaired) electrons. The number of carbonyl (C=O) groups is 1. The molecule has 0 aliphatic carbocycles. The summed E-state index contributed by atoms with van der Waals surface area (Å²) in [5, 5.41) is 10.0. The van der Waals surface area contributed by atoms with Gasteiger partial charge in [-0.15, -0.1) is 0 Å². The predicted molar refractivity (Wildman–Crippen MR) is 65.9 cm³/mol. The number of benzene rings is 1. The minimum absolute atomic E-state index is 0.0129. The van der Waals surface area contributed by atoms with E-state index in [1.165, 1.54) is 4.90 Å². The lowest BCUT2D eigenvalue weighted by molar-refractivity contribution is -0.129. The lowest BCUT2D eigenvalue weighted by Gasteiger charge is -2.15. The molecule has 0 aliphatic rings. The van der Waals surface area contributed by atoms with Crippen LogP contribution in [0.3, 0.4) is 0 Å². The number of aliphatic hydroxyl groups excluding tert-OH is 1. The maximum Gasteiger partial charge on any atom is 0.222 e. The van der Waals surface area contributed by atoms with Crippen LogP contribution < -0.4 is 4.74 Å². The molecule has 1 N–H and O–H groups in total. The molecule has 1 unspecified atom stereocenters. The summed E-state index contributed by atoms with van der Waals surface area (Å²) in [5.41, 5.74) is 0.724. The van der Waals surface area contributed by atoms with Crippen LogP contribution in [-0.4, -0.2) is 37.1 Å². The first-order valence-corrected chi connectivity index (χ1v) is 5.57. The van der Waals surface area contributed by atoms with Gasteiger partial charge in [0.25, 0.3) is 0 Å². The molecule has 0 heterocycles. The van der Waals surface area contributed by atoms with E-state index < -0.39 is 6.10 Å². The summed E-state index contributed by atoms with van der Waals surface area (Å²) < 4.78 is 5.17. The van der Waals surface area contributed by atoms with Gasteiger partial charge in [-0.05, 0) is 12.5 Å². The van der Waals surface area contributed by atoms with Gasteiger partial charge in [0.1, 0.15) is 5.75 Å². The molecular formula is C13H19NO3. The van der Waals surface area contributed by atoms with Crippen molar-refractivity contribution in [1.82, 2.24) is 4.90 Å². The highest BCUT2D eigenvalue weighted by molar-refractivity contribution is 5.75. The zero-order chi connectivity index (χ0) is 12.8. The maximum atomic E-state index is 11.4. The summed E-state index contributed by atoms with van der Waals surface area (Å²) >= 11 is 0. The van der Waals surface area contributed by atoms with Crippen LogP contribution in [0.1, 0.15) is 24.5 Å². The van der Waals surface area contributed by atoms with Gasteiger partial charge in [-0.2, -0.15) is 0 Å². The second kappa shape index (κ2) is 6.25. The second-order valence-electron chi connectivity index (χ2n) is 4.08. The SMILES string of the molecule is COc1ccccc1C(O)CCC(=O)N(C)C. The summed E-state index contributed by atoms with van der Waals surface area (Å²) in [5.74, 6) is 0.663. The van der Waals surface area contributed by atoms with Crippen molar-refractivity contribution in [2.45, 2.75) is 18.9 Å². The average Bonchev–Trinajstić information content (AvgIpc) is 2.35. The monoisotopic (exact) mass is 237 g/mol. The Morgan fingerprint density at radius 3 is 2.65 bits per heavy atom. The van der Waals surface area contributed by atoms with Crippen molar-refractivity contribution in [2.75, 3.05) is 21.2 Å². The van der Waals surface area contributed by atoms with E-state index in [1.54, 1.807) is 27.3 Å². The van der Waals surface area contributed by atoms with Crippen molar-refractivity contribution in [3.63, 3.8) is 0 Å². The minimum Gasteiger partial charge on any atom is -0.496 e. The van der Waals surface area contributed by atoms with Gasteiger partial charge in [-0.1, -0.05) is 18.2 Å². The van der Waals surface area contributed by atoms with Crippen LogP contribution in [-0.2, 0) is 4.79 Å². The fraction of sp³-hybridized carbons (Fsp3) is 0.462. The van der Waals surface area contributed by atoms with Gasteiger partial charge in [0, 0.05) is 26.1 Å². The normalized spacial score (nSPS) is 12.0. The van der Waals surface area contributed by atoms with Gasteiger partial charge < -0.3 is 14.7 Å². The highest BCUT2D eigenvalue weighted by Gasteiger charge is 2.14. The molecule has 0 spiro atoms. The Morgan fingerprint density at radius 1 is 1.41 bits per heavy atom. The average molecular weight is 237 g/mol. The zero-order valence-electron chi connectivity index (χ0n) is 10.5. The number of ether oxygens (including phenoxy) is 1. The number of para-hydroxylation sites is 1. The van der Waals surface area contributed by atoms with Crippen LogP contribution >= 0.6 is 0 Å². The first-order chi connectivity index (χ1) is 8.06. The summed E-state index contributed by atoms with van der Waals surface area (Å²) in [4.78, 5) is 12.9. The molecule has 4 nitrogen and oxygen atoms in total. The van der Waals surface area contributed by atoms with E-state index in [9.17, 15) is 9.90 Å². The molecule has 1 rings (SSSR count). The number of rotatable bonds is 5. The lowest BCUT2D eigenvalue weighted by Crippen LogP contribution is -2.21. The van der Waals surface area contributed by atoms with Crippen LogP contribution in [0.4, 0.5) is 0 Å². The van der Waals surface area contributed by atoms with E-state index >= 15 is 0 Å². The summed E-state index contributed by atoms with van der Waals surface area (Å²) in [7, 11) is 4.98. The Kier molecular flexibility index (Phi) is 4.97. The standard InChI is InChI=1S/C13H19NO3/c1-14(2)13(16)9-8-11(15)10-6-4-5-7-12(10)17-3/h4-7,11,15H,8-9H2,1-3H3. The Labute approximate surface area is 102 Å². The number of amides is 1. The second-order valence-corrected chi connectivity index (χ2v) is 4.08. The van der Waals surface area contributed by atoms with E-state index in [0.29, 0.717) is 18.6 Å². The molecule has 1 aromatic rings. The Bertz CT molecular complexity index is 377. The van der Waals surface area contributed by atoms with Crippen molar-refractivity contribution in [2.24, 2.45) is 0 Å². The Balaban J connectivity index is 2.63. The van der Waals surface area contributed by atoms with Crippen LogP contribution in [0.15, 0.2) is 24.3 Å². The Hall–Kier alpha value is -1.55. The van der Waals surface area contributed by atoms with E-state index in [4.69, 9.17) is 4.74 Å². The van der Waals surface area contributed by atoms with E-state index in [0.717, 1.165) is 5.56 Å². The van der Waals surface area contributed by atoms with Crippen molar-refractivity contribution in [1.29, 1.82) is 0 Å². The van der Waals surface area contributed by atoms with E-state index in [2.05, 4.69) is 0 Å². The fourth-order valence-electron chi connectivity index (χ4n) is 1.58. The molecule has 94 valence electrons. The van der Waals surface area contributed by atoms with Gasteiger partial charge in [-0.25, -0.2) is 0 Å². The number of aliphatic hydroxyl groups is 1. The van der Waals surface area contributed by atoms with Crippen molar-refractivity contribution in [3.8, 4) is 5.75 Å². The van der Waals surface area contributed by atoms with Crippen LogP contribution in [0, 0.1) is 0 Å². The summed E-state index contributed by atoms with van der Waals surface area (Å²) in [6, 6.07) is 7.30. The van der Waals surface area contributed by atoms with Gasteiger partial charge in [0.15, 0.2) is 0 Å². The number of methoxy groups -OCH3 is 1. The fourth-order valence-corrected chi connectivity index (χ4v) is 1.58. The van der Waals surface area contributed by atoms with Gasteiger partial charge in [-0.3, -0.25) is 4.79 Å². The molecule has 0 saturated carbocycles. The van der Waals surface area contributed by atoms with Gasteiger partial charge in [0.05, 0.1) is 13.2 Å². The summed E-state index contributed by atoms with van der Waals surface area (Å²) in [6.45, 7) is 0. The summed E-state index contributed by atoms with van der Waals surface area (Å²) in [6.07, 6.45) is 0.0545. The first-order valence-electron chi connectivity index (χ1n) is 5.57. The van der Waals surface area contributed by atoms with Gasteiger partial charge >= 0.3 is 0 Å². The third-order valence-electron chi connectivity index (χ3n) is 2.63. The highest BCUT2D eigenvalue weighted by atomic mass is 16.5. The topological polar surface area (TPSA) is 49.8 Å². The molecule has 0 aliphatic heterocycles. The maximum absolute atomic E-state index is 11.4. The molecular weight excluding hydrogens is 218 g/mol. The lowest BCUT2D eigenvalue weighted by atomic mass is 10.0. The number of hydrogen-bond donors (Lipinski definition) is 1. The third kappa shape index (κ3) is 3.75. The molecule has 0 fully saturated rings. The molecule has 0 bridgehead atoms. The smallest absolute Gasteiger partial charge is 0.222 e. The molecule has 4 heteroatoms. The zero-order valence-corrected chi connectivity index (χ0v) is 10.5. The van der Waals surface area contributed by atoms with Crippen LogP contribution in [0.5, 0.6) is 5.75 Å². The number of carbonyl (C=O) groups excluding carboxylic acids is 1. The highest BCUT2D eigenvalue weighted by Crippen LogP contribution is 2.27. The van der Waals surface area contributed by atoms with Crippen molar-refractivity contribution >= 4 is 5.91 Å². The Morgan fingerprint density at radius 2 is 2.06 bits per heavy atom. The molecule has 0 saturated heterocycles. The van der Waals surface area contributed by atoms with Crippen molar-refractivity contribution in [3.05, 3.63) is 29.8 Å².